The number of nitro groups is 1. The molecule has 1 heterocycles. The molecule has 1 aliphatic heterocycles. The zero-order chi connectivity index (χ0) is 16.9. The highest BCUT2D eigenvalue weighted by atomic mass is 79.9. The third-order valence-corrected chi connectivity index (χ3v) is 5.08. The van der Waals surface area contributed by atoms with Crippen molar-refractivity contribution in [1.29, 1.82) is 0 Å². The van der Waals surface area contributed by atoms with Crippen LogP contribution in [0.4, 0.5) is 5.69 Å². The Hall–Kier alpha value is -1.76. The van der Waals surface area contributed by atoms with Gasteiger partial charge in [0, 0.05) is 27.7 Å². The maximum atomic E-state index is 10.9. The van der Waals surface area contributed by atoms with Crippen LogP contribution in [0.25, 0.3) is 0 Å². The average molecular weight is 392 g/mol. The van der Waals surface area contributed by atoms with Crippen molar-refractivity contribution in [3.8, 4) is 0 Å². The monoisotopic (exact) mass is 391 g/mol. The minimum Gasteiger partial charge on any atom is -0.322 e. The summed E-state index contributed by atoms with van der Waals surface area (Å²) >= 11 is 3.53. The van der Waals surface area contributed by atoms with E-state index in [1.54, 1.807) is 23.1 Å². The Kier molecular flexibility index (Phi) is 5.60. The molecule has 0 aromatic heterocycles. The topological polar surface area (TPSA) is 52.0 Å². The predicted octanol–water partition coefficient (Wildman–Crippen LogP) is 0.841. The van der Waals surface area contributed by atoms with E-state index < -0.39 is 0 Å². The molecule has 126 valence electrons. The van der Waals surface area contributed by atoms with Crippen LogP contribution in [0.5, 0.6) is 0 Å². The lowest BCUT2D eigenvalue weighted by atomic mass is 10.1. The number of quaternary nitrogens is 2. The third kappa shape index (κ3) is 4.63. The van der Waals surface area contributed by atoms with Gasteiger partial charge in [0.15, 0.2) is 0 Å². The standard InChI is InChI=1S/C18H20BrN3O2/c19-17-5-1-3-15(11-17)13-20-7-9-21(10-8-20)14-16-4-2-6-18(12-16)22(23)24/h1-6,11-12H,7-10,13-14H2/p+2. The number of nitrogens with zero attached hydrogens (tertiary/aromatic N) is 1. The first-order valence-electron chi connectivity index (χ1n) is 8.25. The zero-order valence-corrected chi connectivity index (χ0v) is 15.1. The molecule has 2 aromatic rings. The first kappa shape index (κ1) is 17.1. The van der Waals surface area contributed by atoms with E-state index in [1.165, 1.54) is 10.5 Å². The summed E-state index contributed by atoms with van der Waals surface area (Å²) in [5, 5.41) is 10.9. The Balaban J connectivity index is 1.52. The van der Waals surface area contributed by atoms with Crippen LogP contribution < -0.4 is 9.80 Å². The van der Waals surface area contributed by atoms with E-state index in [4.69, 9.17) is 0 Å². The van der Waals surface area contributed by atoms with E-state index >= 15 is 0 Å². The Morgan fingerprint density at radius 1 is 0.917 bits per heavy atom. The summed E-state index contributed by atoms with van der Waals surface area (Å²) in [7, 11) is 0. The number of nitrogens with one attached hydrogen (secondary N) is 2. The van der Waals surface area contributed by atoms with Crippen molar-refractivity contribution < 1.29 is 14.7 Å². The van der Waals surface area contributed by atoms with Crippen LogP contribution in [0, 0.1) is 10.1 Å². The molecular weight excluding hydrogens is 370 g/mol. The SMILES string of the molecule is O=[N+]([O-])c1cccc(C[NH+]2CC[NH+](Cc3cccc(Br)c3)CC2)c1. The minimum atomic E-state index is -0.321. The lowest BCUT2D eigenvalue weighted by Crippen LogP contribution is -3.27. The number of piperazine rings is 1. The van der Waals surface area contributed by atoms with Crippen molar-refractivity contribution in [2.24, 2.45) is 0 Å². The Labute approximate surface area is 150 Å². The fourth-order valence-corrected chi connectivity index (χ4v) is 3.76. The summed E-state index contributed by atoms with van der Waals surface area (Å²) in [5.41, 5.74) is 2.60. The van der Waals surface area contributed by atoms with Crippen LogP contribution in [0.1, 0.15) is 11.1 Å². The number of non-ortho nitro benzene ring substituents is 1. The molecule has 1 fully saturated rings. The lowest BCUT2D eigenvalue weighted by Gasteiger charge is -2.29. The normalized spacial score (nSPS) is 20.7. The van der Waals surface area contributed by atoms with Gasteiger partial charge in [-0.05, 0) is 12.1 Å². The molecule has 0 amide bonds. The molecule has 1 aliphatic rings. The molecule has 24 heavy (non-hydrogen) atoms. The Morgan fingerprint density at radius 3 is 2.00 bits per heavy atom. The average Bonchev–Trinajstić information content (AvgIpc) is 2.57. The van der Waals surface area contributed by atoms with E-state index in [-0.39, 0.29) is 10.6 Å². The van der Waals surface area contributed by atoms with Crippen LogP contribution >= 0.6 is 15.9 Å². The van der Waals surface area contributed by atoms with Gasteiger partial charge in [-0.3, -0.25) is 10.1 Å². The van der Waals surface area contributed by atoms with Crippen molar-refractivity contribution in [3.63, 3.8) is 0 Å². The summed E-state index contributed by atoms with van der Waals surface area (Å²) in [6.07, 6.45) is 0. The first-order chi connectivity index (χ1) is 11.6. The number of benzene rings is 2. The van der Waals surface area contributed by atoms with Crippen molar-refractivity contribution in [2.45, 2.75) is 13.1 Å². The second-order valence-corrected chi connectivity index (χ2v) is 7.33. The molecular formula is C18H22BrN3O2+2. The zero-order valence-electron chi connectivity index (χ0n) is 13.5. The van der Waals surface area contributed by atoms with E-state index in [1.807, 2.05) is 6.07 Å². The highest BCUT2D eigenvalue weighted by molar-refractivity contribution is 9.10. The molecule has 2 N–H and O–H groups in total. The van der Waals surface area contributed by atoms with Gasteiger partial charge in [0.25, 0.3) is 5.69 Å². The van der Waals surface area contributed by atoms with Crippen LogP contribution in [-0.2, 0) is 13.1 Å². The number of hydrogen-bond donors (Lipinski definition) is 2. The van der Waals surface area contributed by atoms with Gasteiger partial charge >= 0.3 is 0 Å². The fraction of sp³-hybridized carbons (Fsp3) is 0.333. The predicted molar refractivity (Wildman–Crippen MR) is 96.0 cm³/mol. The van der Waals surface area contributed by atoms with Crippen molar-refractivity contribution in [2.75, 3.05) is 26.2 Å². The van der Waals surface area contributed by atoms with E-state index in [2.05, 4.69) is 40.2 Å². The summed E-state index contributed by atoms with van der Waals surface area (Å²) < 4.78 is 1.13. The molecule has 0 atom stereocenters. The van der Waals surface area contributed by atoms with E-state index in [9.17, 15) is 10.1 Å². The molecule has 0 spiro atoms. The van der Waals surface area contributed by atoms with Gasteiger partial charge in [-0.25, -0.2) is 0 Å². The molecule has 3 rings (SSSR count). The highest BCUT2D eigenvalue weighted by Gasteiger charge is 2.23. The second kappa shape index (κ2) is 7.88. The molecule has 2 aromatic carbocycles. The lowest BCUT2D eigenvalue weighted by molar-refractivity contribution is -1.02. The quantitative estimate of drug-likeness (QED) is 0.586. The molecule has 0 saturated carbocycles. The highest BCUT2D eigenvalue weighted by Crippen LogP contribution is 2.12. The summed E-state index contributed by atoms with van der Waals surface area (Å²) in [5.74, 6) is 0. The van der Waals surface area contributed by atoms with Crippen LogP contribution in [0.3, 0.4) is 0 Å². The van der Waals surface area contributed by atoms with Crippen LogP contribution in [0.15, 0.2) is 53.0 Å². The van der Waals surface area contributed by atoms with Gasteiger partial charge in [-0.1, -0.05) is 40.2 Å². The molecule has 0 bridgehead atoms. The van der Waals surface area contributed by atoms with Crippen molar-refractivity contribution in [1.82, 2.24) is 0 Å². The van der Waals surface area contributed by atoms with Crippen molar-refractivity contribution >= 4 is 21.6 Å². The van der Waals surface area contributed by atoms with Gasteiger partial charge < -0.3 is 9.80 Å². The van der Waals surface area contributed by atoms with Gasteiger partial charge in [0.1, 0.15) is 39.3 Å². The van der Waals surface area contributed by atoms with Crippen LogP contribution in [0.2, 0.25) is 0 Å². The van der Waals surface area contributed by atoms with Gasteiger partial charge in [-0.2, -0.15) is 0 Å². The Morgan fingerprint density at radius 2 is 1.46 bits per heavy atom. The van der Waals surface area contributed by atoms with Gasteiger partial charge in [0.05, 0.1) is 4.92 Å². The number of nitro benzene ring substituents is 1. The fourth-order valence-electron chi connectivity index (χ4n) is 3.31. The molecule has 5 nitrogen and oxygen atoms in total. The first-order valence-corrected chi connectivity index (χ1v) is 9.04. The van der Waals surface area contributed by atoms with Crippen molar-refractivity contribution in [3.05, 3.63) is 74.2 Å². The third-order valence-electron chi connectivity index (χ3n) is 4.58. The molecule has 0 radical (unpaired) electrons. The molecule has 6 heteroatoms. The number of hydrogen-bond acceptors (Lipinski definition) is 2. The van der Waals surface area contributed by atoms with Gasteiger partial charge in [0.2, 0.25) is 0 Å². The smallest absolute Gasteiger partial charge is 0.269 e. The largest absolute Gasteiger partial charge is 0.322 e. The number of halogens is 1. The maximum Gasteiger partial charge on any atom is 0.269 e. The van der Waals surface area contributed by atoms with Crippen LogP contribution in [-0.4, -0.2) is 31.1 Å². The molecule has 0 unspecified atom stereocenters. The minimum absolute atomic E-state index is 0.186. The van der Waals surface area contributed by atoms with Gasteiger partial charge in [-0.15, -0.1) is 0 Å². The summed E-state index contributed by atoms with van der Waals surface area (Å²) in [4.78, 5) is 13.7. The van der Waals surface area contributed by atoms with E-state index in [0.29, 0.717) is 0 Å². The van der Waals surface area contributed by atoms with E-state index in [0.717, 1.165) is 49.3 Å². The maximum absolute atomic E-state index is 10.9. The number of rotatable bonds is 5. The molecule has 1 saturated heterocycles. The molecule has 0 aliphatic carbocycles. The summed E-state index contributed by atoms with van der Waals surface area (Å²) in [6, 6.07) is 15.5. The second-order valence-electron chi connectivity index (χ2n) is 6.41. The Bertz CT molecular complexity index is 715. The summed E-state index contributed by atoms with van der Waals surface area (Å²) in [6.45, 7) is 6.40.